The van der Waals surface area contributed by atoms with Gasteiger partial charge in [0.1, 0.15) is 0 Å². The van der Waals surface area contributed by atoms with Crippen LogP contribution in [0.25, 0.3) is 0 Å². The van der Waals surface area contributed by atoms with Gasteiger partial charge in [0.2, 0.25) is 0 Å². The molecular formula is C15H23N3O2. The van der Waals surface area contributed by atoms with Gasteiger partial charge in [-0.2, -0.15) is 0 Å². The van der Waals surface area contributed by atoms with Crippen molar-refractivity contribution in [2.45, 2.75) is 45.6 Å². The number of nitro groups is 1. The van der Waals surface area contributed by atoms with Crippen LogP contribution in [0, 0.1) is 22.0 Å². The third-order valence-corrected chi connectivity index (χ3v) is 4.26. The lowest BCUT2D eigenvalue weighted by atomic mass is 9.77. The van der Waals surface area contributed by atoms with Crippen molar-refractivity contribution in [3.8, 4) is 0 Å². The summed E-state index contributed by atoms with van der Waals surface area (Å²) in [6.45, 7) is 4.51. The van der Waals surface area contributed by atoms with Gasteiger partial charge in [0.15, 0.2) is 0 Å². The van der Waals surface area contributed by atoms with Gasteiger partial charge in [0.05, 0.1) is 16.3 Å². The van der Waals surface area contributed by atoms with Crippen molar-refractivity contribution in [1.82, 2.24) is 0 Å². The van der Waals surface area contributed by atoms with Crippen LogP contribution in [0.1, 0.15) is 39.5 Å². The first kappa shape index (κ1) is 14.6. The van der Waals surface area contributed by atoms with Crippen LogP contribution < -0.4 is 11.1 Å². The maximum Gasteiger partial charge on any atom is 0.271 e. The second-order valence-electron chi connectivity index (χ2n) is 5.97. The van der Waals surface area contributed by atoms with Crippen LogP contribution >= 0.6 is 0 Å². The number of nitrogens with zero attached hydrogens (tertiary/aromatic N) is 1. The molecule has 0 aromatic heterocycles. The van der Waals surface area contributed by atoms with Gasteiger partial charge in [0, 0.05) is 18.2 Å². The average molecular weight is 277 g/mol. The fourth-order valence-corrected chi connectivity index (χ4v) is 3.13. The van der Waals surface area contributed by atoms with E-state index in [9.17, 15) is 10.1 Å². The molecule has 0 bridgehead atoms. The van der Waals surface area contributed by atoms with Crippen molar-refractivity contribution >= 4 is 17.1 Å². The smallest absolute Gasteiger partial charge is 0.271 e. The minimum absolute atomic E-state index is 0.0390. The molecule has 1 aliphatic carbocycles. The minimum Gasteiger partial charge on any atom is -0.397 e. The number of nitro benzene ring substituents is 1. The molecule has 5 heteroatoms. The molecule has 0 spiro atoms. The van der Waals surface area contributed by atoms with E-state index in [0.717, 1.165) is 12.1 Å². The summed E-state index contributed by atoms with van der Waals surface area (Å²) < 4.78 is 0. The molecule has 20 heavy (non-hydrogen) atoms. The Bertz CT molecular complexity index is 488. The molecule has 5 nitrogen and oxygen atoms in total. The zero-order chi connectivity index (χ0) is 14.7. The third kappa shape index (κ3) is 3.21. The van der Waals surface area contributed by atoms with E-state index >= 15 is 0 Å². The molecule has 0 aliphatic heterocycles. The molecule has 0 saturated heterocycles. The molecule has 0 radical (unpaired) electrons. The van der Waals surface area contributed by atoms with Crippen molar-refractivity contribution in [1.29, 1.82) is 0 Å². The molecule has 2 unspecified atom stereocenters. The molecule has 0 heterocycles. The molecule has 2 atom stereocenters. The fourth-order valence-electron chi connectivity index (χ4n) is 3.13. The average Bonchev–Trinajstić information content (AvgIpc) is 2.41. The van der Waals surface area contributed by atoms with E-state index < -0.39 is 4.92 Å². The molecular weight excluding hydrogens is 254 g/mol. The lowest BCUT2D eigenvalue weighted by molar-refractivity contribution is -0.384. The summed E-state index contributed by atoms with van der Waals surface area (Å²) in [5.41, 5.74) is 7.23. The van der Waals surface area contributed by atoms with Crippen LogP contribution in [-0.2, 0) is 0 Å². The molecule has 110 valence electrons. The van der Waals surface area contributed by atoms with Crippen molar-refractivity contribution in [3.05, 3.63) is 28.3 Å². The monoisotopic (exact) mass is 277 g/mol. The van der Waals surface area contributed by atoms with Gasteiger partial charge in [-0.25, -0.2) is 0 Å². The Labute approximate surface area is 119 Å². The largest absolute Gasteiger partial charge is 0.397 e. The summed E-state index contributed by atoms with van der Waals surface area (Å²) in [6.07, 6.45) is 4.89. The van der Waals surface area contributed by atoms with Crippen molar-refractivity contribution in [2.24, 2.45) is 11.8 Å². The molecule has 1 aromatic rings. The Morgan fingerprint density at radius 2 is 2.05 bits per heavy atom. The quantitative estimate of drug-likeness (QED) is 0.498. The van der Waals surface area contributed by atoms with Crippen LogP contribution in [0.4, 0.5) is 17.1 Å². The Hall–Kier alpha value is -1.78. The topological polar surface area (TPSA) is 81.2 Å². The highest BCUT2D eigenvalue weighted by Crippen LogP contribution is 2.34. The SMILES string of the molecule is CC(C)C1CCCCC1Nc1ccc([N+](=O)[O-])cc1N. The third-order valence-electron chi connectivity index (χ3n) is 4.26. The van der Waals surface area contributed by atoms with Crippen LogP contribution in [0.5, 0.6) is 0 Å². The number of non-ortho nitro benzene ring substituents is 1. The second-order valence-corrected chi connectivity index (χ2v) is 5.97. The van der Waals surface area contributed by atoms with Gasteiger partial charge in [-0.15, -0.1) is 0 Å². The Kier molecular flexibility index (Phi) is 4.47. The highest BCUT2D eigenvalue weighted by atomic mass is 16.6. The molecule has 1 fully saturated rings. The molecule has 1 aliphatic rings. The van der Waals surface area contributed by atoms with E-state index in [1.54, 1.807) is 6.07 Å². The van der Waals surface area contributed by atoms with E-state index in [4.69, 9.17) is 5.73 Å². The van der Waals surface area contributed by atoms with Crippen LogP contribution in [0.3, 0.4) is 0 Å². The number of anilines is 2. The summed E-state index contributed by atoms with van der Waals surface area (Å²) in [6, 6.07) is 5.06. The Morgan fingerprint density at radius 3 is 2.65 bits per heavy atom. The van der Waals surface area contributed by atoms with Gasteiger partial charge in [-0.05, 0) is 30.7 Å². The number of nitrogen functional groups attached to an aromatic ring is 1. The fraction of sp³-hybridized carbons (Fsp3) is 0.600. The summed E-state index contributed by atoms with van der Waals surface area (Å²) in [4.78, 5) is 10.3. The van der Waals surface area contributed by atoms with Gasteiger partial charge < -0.3 is 11.1 Å². The predicted molar refractivity (Wildman–Crippen MR) is 81.7 cm³/mol. The summed E-state index contributed by atoms with van der Waals surface area (Å²) in [5.74, 6) is 1.27. The lowest BCUT2D eigenvalue weighted by Crippen LogP contribution is -2.35. The van der Waals surface area contributed by atoms with Gasteiger partial charge in [-0.1, -0.05) is 26.7 Å². The van der Waals surface area contributed by atoms with Crippen molar-refractivity contribution < 1.29 is 4.92 Å². The standard InChI is InChI=1S/C15H23N3O2/c1-10(2)12-5-3-4-6-14(12)17-15-8-7-11(18(19)20)9-13(15)16/h7-10,12,14,17H,3-6,16H2,1-2H3. The highest BCUT2D eigenvalue weighted by molar-refractivity contribution is 5.69. The number of hydrogen-bond acceptors (Lipinski definition) is 4. The van der Waals surface area contributed by atoms with Gasteiger partial charge in [-0.3, -0.25) is 10.1 Å². The number of nitrogens with one attached hydrogen (secondary N) is 1. The minimum atomic E-state index is -0.419. The number of hydrogen-bond donors (Lipinski definition) is 2. The Balaban J connectivity index is 2.14. The summed E-state index contributed by atoms with van der Waals surface area (Å²) in [7, 11) is 0. The molecule has 2 rings (SSSR count). The van der Waals surface area contributed by atoms with Crippen molar-refractivity contribution in [2.75, 3.05) is 11.1 Å². The normalized spacial score (nSPS) is 22.8. The lowest BCUT2D eigenvalue weighted by Gasteiger charge is -2.35. The first-order valence-corrected chi connectivity index (χ1v) is 7.29. The number of rotatable bonds is 4. The number of nitrogens with two attached hydrogens (primary N) is 1. The number of benzene rings is 1. The Morgan fingerprint density at radius 1 is 1.35 bits per heavy atom. The first-order chi connectivity index (χ1) is 9.49. The molecule has 0 amide bonds. The molecule has 1 saturated carbocycles. The summed E-state index contributed by atoms with van der Waals surface area (Å²) in [5, 5.41) is 14.2. The molecule has 3 N–H and O–H groups in total. The zero-order valence-electron chi connectivity index (χ0n) is 12.1. The van der Waals surface area contributed by atoms with Gasteiger partial charge >= 0.3 is 0 Å². The first-order valence-electron chi connectivity index (χ1n) is 7.29. The van der Waals surface area contributed by atoms with E-state index in [0.29, 0.717) is 23.6 Å². The van der Waals surface area contributed by atoms with E-state index in [1.165, 1.54) is 31.4 Å². The van der Waals surface area contributed by atoms with Crippen LogP contribution in [-0.4, -0.2) is 11.0 Å². The maximum absolute atomic E-state index is 10.7. The van der Waals surface area contributed by atoms with Gasteiger partial charge in [0.25, 0.3) is 5.69 Å². The second kappa shape index (κ2) is 6.11. The summed E-state index contributed by atoms with van der Waals surface area (Å²) >= 11 is 0. The van der Waals surface area contributed by atoms with E-state index in [1.807, 2.05) is 0 Å². The van der Waals surface area contributed by atoms with Crippen LogP contribution in [0.15, 0.2) is 18.2 Å². The zero-order valence-corrected chi connectivity index (χ0v) is 12.1. The van der Waals surface area contributed by atoms with E-state index in [-0.39, 0.29) is 5.69 Å². The van der Waals surface area contributed by atoms with Crippen LogP contribution in [0.2, 0.25) is 0 Å². The van der Waals surface area contributed by atoms with Crippen molar-refractivity contribution in [3.63, 3.8) is 0 Å². The highest BCUT2D eigenvalue weighted by Gasteiger charge is 2.27. The molecule has 1 aromatic carbocycles. The maximum atomic E-state index is 10.7. The predicted octanol–water partition coefficient (Wildman–Crippen LogP) is 3.80. The van der Waals surface area contributed by atoms with E-state index in [2.05, 4.69) is 19.2 Å².